The van der Waals surface area contributed by atoms with Crippen LogP contribution in [0.5, 0.6) is 0 Å². The third-order valence-electron chi connectivity index (χ3n) is 6.86. The summed E-state index contributed by atoms with van der Waals surface area (Å²) in [7, 11) is 0. The van der Waals surface area contributed by atoms with E-state index in [2.05, 4.69) is 27.2 Å². The molecular weight excluding hydrogens is 406 g/mol. The second-order valence-electron chi connectivity index (χ2n) is 8.89. The lowest BCUT2D eigenvalue weighted by molar-refractivity contribution is -0.134. The number of primary amides is 1. The number of amides is 3. The van der Waals surface area contributed by atoms with Gasteiger partial charge in [0.15, 0.2) is 0 Å². The number of aromatic nitrogens is 2. The highest BCUT2D eigenvalue weighted by Crippen LogP contribution is 2.38. The van der Waals surface area contributed by atoms with Gasteiger partial charge in [0.2, 0.25) is 17.7 Å². The van der Waals surface area contributed by atoms with Crippen molar-refractivity contribution in [3.63, 3.8) is 0 Å². The minimum absolute atomic E-state index is 0.196. The van der Waals surface area contributed by atoms with Gasteiger partial charge in [-0.2, -0.15) is 5.10 Å². The molecule has 3 heterocycles. The van der Waals surface area contributed by atoms with Crippen LogP contribution < -0.4 is 16.0 Å². The second kappa shape index (κ2) is 7.83. The summed E-state index contributed by atoms with van der Waals surface area (Å²) in [5, 5.41) is 6.74. The lowest BCUT2D eigenvalue weighted by atomic mass is 9.76. The van der Waals surface area contributed by atoms with Gasteiger partial charge in [-0.05, 0) is 43.4 Å². The third-order valence-corrected chi connectivity index (χ3v) is 6.86. The van der Waals surface area contributed by atoms with Crippen LogP contribution in [0.1, 0.15) is 49.1 Å². The summed E-state index contributed by atoms with van der Waals surface area (Å²) in [4.78, 5) is 37.5. The van der Waals surface area contributed by atoms with Crippen molar-refractivity contribution in [2.45, 2.75) is 43.6 Å². The van der Waals surface area contributed by atoms with Crippen molar-refractivity contribution in [1.82, 2.24) is 15.1 Å². The van der Waals surface area contributed by atoms with Crippen molar-refractivity contribution < 1.29 is 14.4 Å². The second-order valence-corrected chi connectivity index (χ2v) is 8.89. The highest BCUT2D eigenvalue weighted by molar-refractivity contribution is 6.00. The zero-order valence-electron chi connectivity index (χ0n) is 17.7. The third kappa shape index (κ3) is 3.54. The number of piperidine rings is 1. The standard InChI is InChI=1S/C24H25N5O3/c25-23(32)24(10-1-11-24)29-15-16(12-26-29)2-3-17-13-28(14-17)19-6-4-18(5-7-19)20-8-9-21(30)27-22(20)31/h4-7,12,15,17,20H,1,8-11,13-14H2,(H2,25,32)(H,27,30,31). The summed E-state index contributed by atoms with van der Waals surface area (Å²) in [6.07, 6.45) is 6.90. The lowest BCUT2D eigenvalue weighted by Crippen LogP contribution is -2.51. The molecule has 2 aliphatic heterocycles. The quantitative estimate of drug-likeness (QED) is 0.559. The van der Waals surface area contributed by atoms with Crippen LogP contribution in [0.2, 0.25) is 0 Å². The Hall–Kier alpha value is -3.60. The van der Waals surface area contributed by atoms with Crippen molar-refractivity contribution in [2.24, 2.45) is 11.7 Å². The van der Waals surface area contributed by atoms with Gasteiger partial charge in [-0.15, -0.1) is 0 Å². The maximum absolute atomic E-state index is 12.0. The van der Waals surface area contributed by atoms with Crippen LogP contribution in [-0.2, 0) is 19.9 Å². The van der Waals surface area contributed by atoms with Crippen LogP contribution >= 0.6 is 0 Å². The number of rotatable bonds is 4. The van der Waals surface area contributed by atoms with E-state index in [-0.39, 0.29) is 29.6 Å². The largest absolute Gasteiger partial charge is 0.369 e. The Bertz CT molecular complexity index is 1130. The Kier molecular flexibility index (Phi) is 4.97. The van der Waals surface area contributed by atoms with Gasteiger partial charge in [0, 0.05) is 31.4 Å². The van der Waals surface area contributed by atoms with E-state index in [0.29, 0.717) is 12.8 Å². The predicted octanol–water partition coefficient (Wildman–Crippen LogP) is 1.26. The van der Waals surface area contributed by atoms with E-state index in [1.807, 2.05) is 30.5 Å². The van der Waals surface area contributed by atoms with Gasteiger partial charge in [-0.25, -0.2) is 0 Å². The molecule has 8 heteroatoms. The number of nitrogens with two attached hydrogens (primary N) is 1. The smallest absolute Gasteiger partial charge is 0.245 e. The highest BCUT2D eigenvalue weighted by atomic mass is 16.2. The minimum Gasteiger partial charge on any atom is -0.369 e. The molecule has 0 bridgehead atoms. The van der Waals surface area contributed by atoms with E-state index in [4.69, 9.17) is 5.73 Å². The Labute approximate surface area is 186 Å². The maximum atomic E-state index is 12.0. The van der Waals surface area contributed by atoms with Gasteiger partial charge >= 0.3 is 0 Å². The summed E-state index contributed by atoms with van der Waals surface area (Å²) >= 11 is 0. The van der Waals surface area contributed by atoms with Gasteiger partial charge in [-0.3, -0.25) is 24.4 Å². The van der Waals surface area contributed by atoms with E-state index in [0.717, 1.165) is 49.2 Å². The normalized spacial score (nSPS) is 22.2. The number of benzene rings is 1. The molecule has 2 saturated heterocycles. The van der Waals surface area contributed by atoms with Crippen LogP contribution in [-0.4, -0.2) is 40.6 Å². The van der Waals surface area contributed by atoms with Gasteiger partial charge in [-0.1, -0.05) is 24.0 Å². The van der Waals surface area contributed by atoms with Crippen LogP contribution in [0.3, 0.4) is 0 Å². The topological polar surface area (TPSA) is 110 Å². The molecule has 0 spiro atoms. The number of hydrogen-bond acceptors (Lipinski definition) is 5. The molecule has 1 saturated carbocycles. The molecule has 8 nitrogen and oxygen atoms in total. The number of imide groups is 1. The monoisotopic (exact) mass is 431 g/mol. The molecule has 2 aromatic rings. The molecule has 0 radical (unpaired) electrons. The summed E-state index contributed by atoms with van der Waals surface area (Å²) in [6, 6.07) is 7.98. The molecule has 1 aromatic heterocycles. The van der Waals surface area contributed by atoms with E-state index in [9.17, 15) is 14.4 Å². The molecule has 1 aliphatic carbocycles. The Balaban J connectivity index is 1.17. The van der Waals surface area contributed by atoms with E-state index in [1.54, 1.807) is 10.9 Å². The fourth-order valence-corrected chi connectivity index (χ4v) is 4.62. The van der Waals surface area contributed by atoms with E-state index in [1.165, 1.54) is 0 Å². The highest BCUT2D eigenvalue weighted by Gasteiger charge is 2.45. The van der Waals surface area contributed by atoms with Crippen LogP contribution in [0.15, 0.2) is 36.7 Å². The number of carbonyl (C=O) groups excluding carboxylic acids is 3. The molecule has 1 atom stereocenters. The number of carbonyl (C=O) groups is 3. The average molecular weight is 431 g/mol. The summed E-state index contributed by atoms with van der Waals surface area (Å²) < 4.78 is 1.68. The zero-order valence-corrected chi connectivity index (χ0v) is 17.7. The number of hydrogen-bond donors (Lipinski definition) is 2. The first kappa shape index (κ1) is 20.3. The maximum Gasteiger partial charge on any atom is 0.245 e. The van der Waals surface area contributed by atoms with Crippen molar-refractivity contribution in [1.29, 1.82) is 0 Å². The van der Waals surface area contributed by atoms with Crippen LogP contribution in [0, 0.1) is 17.8 Å². The first-order valence-electron chi connectivity index (χ1n) is 11.0. The van der Waals surface area contributed by atoms with Crippen molar-refractivity contribution in [2.75, 3.05) is 18.0 Å². The summed E-state index contributed by atoms with van der Waals surface area (Å²) in [5.74, 6) is 5.74. The zero-order chi connectivity index (χ0) is 22.3. The first-order valence-corrected chi connectivity index (χ1v) is 11.0. The summed E-state index contributed by atoms with van der Waals surface area (Å²) in [6.45, 7) is 1.67. The van der Waals surface area contributed by atoms with Gasteiger partial charge in [0.25, 0.3) is 0 Å². The SMILES string of the molecule is NC(=O)C1(n2cc(C#CC3CN(c4ccc(C5CCC(=O)NC5=O)cc4)C3)cn2)CCC1. The summed E-state index contributed by atoms with van der Waals surface area (Å²) in [5.41, 5.74) is 7.74. The molecule has 1 unspecified atom stereocenters. The van der Waals surface area contributed by atoms with E-state index < -0.39 is 5.54 Å². The molecule has 32 heavy (non-hydrogen) atoms. The fraction of sp³-hybridized carbons (Fsp3) is 0.417. The van der Waals surface area contributed by atoms with Crippen LogP contribution in [0.4, 0.5) is 5.69 Å². The Morgan fingerprint density at radius 2 is 1.94 bits per heavy atom. The Morgan fingerprint density at radius 1 is 1.19 bits per heavy atom. The molecule has 1 aromatic carbocycles. The fourth-order valence-electron chi connectivity index (χ4n) is 4.62. The molecule has 164 valence electrons. The van der Waals surface area contributed by atoms with Crippen molar-refractivity contribution >= 4 is 23.4 Å². The lowest BCUT2D eigenvalue weighted by Gasteiger charge is -2.38. The molecule has 3 N–H and O–H groups in total. The van der Waals surface area contributed by atoms with Crippen molar-refractivity contribution in [3.05, 3.63) is 47.8 Å². The molecule has 3 fully saturated rings. The number of anilines is 1. The van der Waals surface area contributed by atoms with Crippen molar-refractivity contribution in [3.8, 4) is 11.8 Å². The van der Waals surface area contributed by atoms with Gasteiger partial charge < -0.3 is 10.6 Å². The number of nitrogens with zero attached hydrogens (tertiary/aromatic N) is 3. The van der Waals surface area contributed by atoms with Gasteiger partial charge in [0.1, 0.15) is 5.54 Å². The molecule has 3 amide bonds. The number of nitrogens with one attached hydrogen (secondary N) is 1. The first-order chi connectivity index (χ1) is 15.4. The molecule has 3 aliphatic rings. The van der Waals surface area contributed by atoms with E-state index >= 15 is 0 Å². The predicted molar refractivity (Wildman–Crippen MR) is 117 cm³/mol. The molecular formula is C24H25N5O3. The van der Waals surface area contributed by atoms with Crippen LogP contribution in [0.25, 0.3) is 0 Å². The molecule has 5 rings (SSSR count). The average Bonchev–Trinajstić information content (AvgIpc) is 3.15. The Morgan fingerprint density at radius 3 is 2.56 bits per heavy atom. The van der Waals surface area contributed by atoms with Gasteiger partial charge in [0.05, 0.1) is 23.6 Å². The minimum atomic E-state index is -0.673.